The predicted octanol–water partition coefficient (Wildman–Crippen LogP) is 0.961. The Morgan fingerprint density at radius 2 is 1.84 bits per heavy atom. The van der Waals surface area contributed by atoms with E-state index < -0.39 is 0 Å². The Labute approximate surface area is 116 Å². The first-order valence-corrected chi connectivity index (χ1v) is 6.11. The second-order valence-corrected chi connectivity index (χ2v) is 4.82. The van der Waals surface area contributed by atoms with Crippen molar-refractivity contribution in [3.63, 3.8) is 0 Å². The van der Waals surface area contributed by atoms with Gasteiger partial charge in [0.25, 0.3) is 0 Å². The summed E-state index contributed by atoms with van der Waals surface area (Å²) in [5.74, 6) is 1.07. The highest BCUT2D eigenvalue weighted by molar-refractivity contribution is 6.28. The summed E-state index contributed by atoms with van der Waals surface area (Å²) in [6.07, 6.45) is 3.76. The summed E-state index contributed by atoms with van der Waals surface area (Å²) in [6.45, 7) is 0.654. The monoisotopic (exact) mass is 281 g/mol. The van der Waals surface area contributed by atoms with E-state index in [1.165, 1.54) is 0 Å². The van der Waals surface area contributed by atoms with E-state index in [0.29, 0.717) is 18.4 Å². The minimum Gasteiger partial charge on any atom is -0.347 e. The molecule has 2 rings (SSSR count). The van der Waals surface area contributed by atoms with E-state index in [2.05, 4.69) is 20.1 Å². The quantitative estimate of drug-likeness (QED) is 0.832. The molecule has 2 aromatic rings. The molecule has 0 aromatic carbocycles. The highest BCUT2D eigenvalue weighted by Gasteiger charge is 2.11. The number of rotatable bonds is 4. The summed E-state index contributed by atoms with van der Waals surface area (Å²) in [7, 11) is 7.50. The van der Waals surface area contributed by atoms with Crippen LogP contribution >= 0.6 is 11.6 Å². The third-order valence-electron chi connectivity index (χ3n) is 2.50. The van der Waals surface area contributed by atoms with E-state index >= 15 is 0 Å². The average Bonchev–Trinajstić information content (AvgIpc) is 2.73. The Morgan fingerprint density at radius 3 is 2.42 bits per heavy atom. The number of nitrogens with zero attached hydrogens (tertiary/aromatic N) is 7. The number of aryl methyl sites for hydroxylation is 1. The van der Waals surface area contributed by atoms with Crippen LogP contribution in [0.4, 0.5) is 11.9 Å². The molecule has 0 amide bonds. The molecule has 0 saturated heterocycles. The van der Waals surface area contributed by atoms with Crippen molar-refractivity contribution in [2.24, 2.45) is 7.05 Å². The van der Waals surface area contributed by atoms with E-state index in [4.69, 9.17) is 11.6 Å². The largest absolute Gasteiger partial charge is 0.347 e. The van der Waals surface area contributed by atoms with Gasteiger partial charge in [0.15, 0.2) is 0 Å². The van der Waals surface area contributed by atoms with Gasteiger partial charge >= 0.3 is 0 Å². The molecule has 0 fully saturated rings. The second-order valence-electron chi connectivity index (χ2n) is 4.48. The van der Waals surface area contributed by atoms with Crippen LogP contribution in [0.2, 0.25) is 5.28 Å². The fraction of sp³-hybridized carbons (Fsp3) is 0.455. The highest BCUT2D eigenvalue weighted by Crippen LogP contribution is 2.15. The van der Waals surface area contributed by atoms with Gasteiger partial charge in [-0.2, -0.15) is 20.1 Å². The number of aromatic nitrogens is 5. The SMILES string of the molecule is CN(C)c1nc(Cl)nc(N(C)Cc2cnn(C)c2)n1. The minimum atomic E-state index is 0.187. The molecule has 0 aliphatic carbocycles. The van der Waals surface area contributed by atoms with Gasteiger partial charge in [-0.15, -0.1) is 0 Å². The van der Waals surface area contributed by atoms with Crippen LogP contribution in [0.3, 0.4) is 0 Å². The number of anilines is 2. The topological polar surface area (TPSA) is 63.0 Å². The maximum Gasteiger partial charge on any atom is 0.231 e. The number of hydrogen-bond donors (Lipinski definition) is 0. The molecule has 2 aromatic heterocycles. The number of halogens is 1. The van der Waals surface area contributed by atoms with Crippen LogP contribution in [0.5, 0.6) is 0 Å². The maximum absolute atomic E-state index is 5.91. The standard InChI is InChI=1S/C11H16ClN7/c1-17(2)10-14-9(12)15-11(16-10)18(3)6-8-5-13-19(4)7-8/h5,7H,6H2,1-4H3. The lowest BCUT2D eigenvalue weighted by Gasteiger charge is -2.18. The zero-order chi connectivity index (χ0) is 14.0. The second kappa shape index (κ2) is 5.40. The van der Waals surface area contributed by atoms with Gasteiger partial charge in [0, 0.05) is 46.5 Å². The van der Waals surface area contributed by atoms with Gasteiger partial charge in [-0.05, 0) is 11.6 Å². The molecule has 0 saturated carbocycles. The normalized spacial score (nSPS) is 10.6. The predicted molar refractivity (Wildman–Crippen MR) is 74.5 cm³/mol. The molecule has 0 N–H and O–H groups in total. The third kappa shape index (κ3) is 3.31. The van der Waals surface area contributed by atoms with Crippen molar-refractivity contribution in [1.82, 2.24) is 24.7 Å². The summed E-state index contributed by atoms with van der Waals surface area (Å²) < 4.78 is 1.76. The summed E-state index contributed by atoms with van der Waals surface area (Å²) >= 11 is 5.91. The van der Waals surface area contributed by atoms with Crippen molar-refractivity contribution < 1.29 is 0 Å². The van der Waals surface area contributed by atoms with Crippen molar-refractivity contribution in [2.45, 2.75) is 6.54 Å². The van der Waals surface area contributed by atoms with Crippen molar-refractivity contribution >= 4 is 23.5 Å². The molecule has 0 bridgehead atoms. The first-order chi connectivity index (χ1) is 8.95. The molecule has 2 heterocycles. The van der Waals surface area contributed by atoms with Crippen molar-refractivity contribution in [1.29, 1.82) is 0 Å². The molecular formula is C11H16ClN7. The molecule has 0 unspecified atom stereocenters. The van der Waals surface area contributed by atoms with Gasteiger partial charge in [0.05, 0.1) is 6.20 Å². The Hall–Kier alpha value is -1.89. The van der Waals surface area contributed by atoms with Crippen LogP contribution in [0.25, 0.3) is 0 Å². The van der Waals surface area contributed by atoms with Gasteiger partial charge in [0.2, 0.25) is 17.2 Å². The van der Waals surface area contributed by atoms with E-state index in [9.17, 15) is 0 Å². The molecule has 0 aliphatic heterocycles. The van der Waals surface area contributed by atoms with E-state index in [0.717, 1.165) is 5.56 Å². The smallest absolute Gasteiger partial charge is 0.231 e. The van der Waals surface area contributed by atoms with Crippen molar-refractivity contribution in [3.05, 3.63) is 23.2 Å². The van der Waals surface area contributed by atoms with Gasteiger partial charge in [-0.25, -0.2) is 0 Å². The molecule has 0 radical (unpaired) electrons. The van der Waals surface area contributed by atoms with E-state index in [-0.39, 0.29) is 5.28 Å². The molecule has 19 heavy (non-hydrogen) atoms. The molecule has 0 aliphatic rings. The molecule has 102 valence electrons. The van der Waals surface area contributed by atoms with Gasteiger partial charge in [-0.1, -0.05) is 0 Å². The fourth-order valence-electron chi connectivity index (χ4n) is 1.60. The van der Waals surface area contributed by atoms with Crippen molar-refractivity contribution in [2.75, 3.05) is 30.9 Å². The lowest BCUT2D eigenvalue weighted by Crippen LogP contribution is -2.21. The van der Waals surface area contributed by atoms with Gasteiger partial charge < -0.3 is 9.80 Å². The Balaban J connectivity index is 2.20. The van der Waals surface area contributed by atoms with E-state index in [1.807, 2.05) is 45.5 Å². The maximum atomic E-state index is 5.91. The van der Waals surface area contributed by atoms with Crippen LogP contribution in [0, 0.1) is 0 Å². The Morgan fingerprint density at radius 1 is 1.16 bits per heavy atom. The summed E-state index contributed by atoms with van der Waals surface area (Å²) in [5, 5.41) is 4.32. The van der Waals surface area contributed by atoms with Gasteiger partial charge in [-0.3, -0.25) is 4.68 Å². The Kier molecular flexibility index (Phi) is 3.84. The lowest BCUT2D eigenvalue weighted by molar-refractivity contribution is 0.766. The van der Waals surface area contributed by atoms with Crippen LogP contribution in [0.15, 0.2) is 12.4 Å². The molecule has 8 heteroatoms. The van der Waals surface area contributed by atoms with Gasteiger partial charge in [0.1, 0.15) is 0 Å². The van der Waals surface area contributed by atoms with Crippen LogP contribution in [0.1, 0.15) is 5.56 Å². The molecule has 7 nitrogen and oxygen atoms in total. The highest BCUT2D eigenvalue weighted by atomic mass is 35.5. The average molecular weight is 282 g/mol. The first kappa shape index (κ1) is 13.5. The lowest BCUT2D eigenvalue weighted by atomic mass is 10.3. The summed E-state index contributed by atoms with van der Waals surface area (Å²) in [5.41, 5.74) is 1.08. The zero-order valence-corrected chi connectivity index (χ0v) is 12.1. The van der Waals surface area contributed by atoms with Crippen LogP contribution < -0.4 is 9.80 Å². The molecule has 0 spiro atoms. The van der Waals surface area contributed by atoms with E-state index in [1.54, 1.807) is 9.58 Å². The van der Waals surface area contributed by atoms with Crippen LogP contribution in [-0.4, -0.2) is 45.9 Å². The first-order valence-electron chi connectivity index (χ1n) is 5.73. The summed E-state index contributed by atoms with van der Waals surface area (Å²) in [4.78, 5) is 16.2. The Bertz CT molecular complexity index is 566. The third-order valence-corrected chi connectivity index (χ3v) is 2.67. The molecule has 0 atom stereocenters. The molecular weight excluding hydrogens is 266 g/mol. The van der Waals surface area contributed by atoms with Crippen molar-refractivity contribution in [3.8, 4) is 0 Å². The fourth-order valence-corrected chi connectivity index (χ4v) is 1.75. The summed E-state index contributed by atoms with van der Waals surface area (Å²) in [6, 6.07) is 0. The number of hydrogen-bond acceptors (Lipinski definition) is 6. The van der Waals surface area contributed by atoms with Crippen LogP contribution in [-0.2, 0) is 13.6 Å². The zero-order valence-electron chi connectivity index (χ0n) is 11.4. The minimum absolute atomic E-state index is 0.187.